The minimum atomic E-state index is -3.45. The van der Waals surface area contributed by atoms with Gasteiger partial charge in [-0.25, -0.2) is 18.1 Å². The van der Waals surface area contributed by atoms with Crippen molar-refractivity contribution in [2.45, 2.75) is 11.4 Å². The predicted octanol–water partition coefficient (Wildman–Crippen LogP) is 1.49. The summed E-state index contributed by atoms with van der Waals surface area (Å²) >= 11 is 2.13. The molecule has 0 saturated heterocycles. The van der Waals surface area contributed by atoms with Crippen molar-refractivity contribution in [2.75, 3.05) is 0 Å². The summed E-state index contributed by atoms with van der Waals surface area (Å²) in [5, 5.41) is 0. The molecular weight excluding hydrogens is 353 g/mol. The molecule has 2 aromatic rings. The van der Waals surface area contributed by atoms with Gasteiger partial charge in [0.25, 0.3) is 0 Å². The fraction of sp³-hybridized carbons (Fsp3) is 0.100. The first-order valence-corrected chi connectivity index (χ1v) is 7.36. The third-order valence-electron chi connectivity index (χ3n) is 2.13. The summed E-state index contributed by atoms with van der Waals surface area (Å²) in [6.45, 7) is 0.203. The molecule has 2 rings (SSSR count). The number of halogens is 1. The third kappa shape index (κ3) is 3.27. The SMILES string of the molecule is O=S(=O)(NCc1cnc[nH]1)c1ccc(I)cc1. The zero-order valence-electron chi connectivity index (χ0n) is 8.72. The van der Waals surface area contributed by atoms with E-state index >= 15 is 0 Å². The van der Waals surface area contributed by atoms with E-state index in [-0.39, 0.29) is 11.4 Å². The van der Waals surface area contributed by atoms with Crippen molar-refractivity contribution in [1.82, 2.24) is 14.7 Å². The Morgan fingerprint density at radius 2 is 2.00 bits per heavy atom. The van der Waals surface area contributed by atoms with Crippen LogP contribution in [-0.4, -0.2) is 18.4 Å². The van der Waals surface area contributed by atoms with Gasteiger partial charge in [-0.05, 0) is 46.9 Å². The normalized spacial score (nSPS) is 11.6. The number of nitrogens with zero attached hydrogens (tertiary/aromatic N) is 1. The Kier molecular flexibility index (Phi) is 3.79. The fourth-order valence-corrected chi connectivity index (χ4v) is 2.62. The Balaban J connectivity index is 2.11. The summed E-state index contributed by atoms with van der Waals surface area (Å²) in [6.07, 6.45) is 3.09. The zero-order valence-corrected chi connectivity index (χ0v) is 11.7. The van der Waals surface area contributed by atoms with Crippen molar-refractivity contribution in [3.05, 3.63) is 46.1 Å². The lowest BCUT2D eigenvalue weighted by molar-refractivity contribution is 0.580. The van der Waals surface area contributed by atoms with Gasteiger partial charge in [0, 0.05) is 15.5 Å². The van der Waals surface area contributed by atoms with Crippen molar-refractivity contribution in [3.63, 3.8) is 0 Å². The highest BCUT2D eigenvalue weighted by Gasteiger charge is 2.13. The van der Waals surface area contributed by atoms with Crippen LogP contribution >= 0.6 is 22.6 Å². The number of aromatic amines is 1. The van der Waals surface area contributed by atoms with E-state index < -0.39 is 10.0 Å². The molecular formula is C10H10IN3O2S. The van der Waals surface area contributed by atoms with Crippen LogP contribution in [0, 0.1) is 3.57 Å². The van der Waals surface area contributed by atoms with Gasteiger partial charge in [0.15, 0.2) is 0 Å². The van der Waals surface area contributed by atoms with Gasteiger partial charge in [0.05, 0.1) is 17.8 Å². The maximum atomic E-state index is 11.9. The molecule has 0 spiro atoms. The van der Waals surface area contributed by atoms with Crippen LogP contribution < -0.4 is 4.72 Å². The molecule has 1 aromatic heterocycles. The molecule has 0 unspecified atom stereocenters. The highest BCUT2D eigenvalue weighted by molar-refractivity contribution is 14.1. The van der Waals surface area contributed by atoms with Crippen LogP contribution in [0.25, 0.3) is 0 Å². The van der Waals surface area contributed by atoms with Crippen molar-refractivity contribution in [1.29, 1.82) is 0 Å². The molecule has 1 heterocycles. The van der Waals surface area contributed by atoms with Gasteiger partial charge in [-0.15, -0.1) is 0 Å². The van der Waals surface area contributed by atoms with Crippen LogP contribution in [0.5, 0.6) is 0 Å². The van der Waals surface area contributed by atoms with Gasteiger partial charge >= 0.3 is 0 Å². The lowest BCUT2D eigenvalue weighted by Gasteiger charge is -2.05. The van der Waals surface area contributed by atoms with E-state index in [1.807, 2.05) is 0 Å². The van der Waals surface area contributed by atoms with E-state index in [2.05, 4.69) is 37.3 Å². The minimum absolute atomic E-state index is 0.203. The number of H-pyrrole nitrogens is 1. The number of rotatable bonds is 4. The standard InChI is InChI=1S/C10H10IN3O2S/c11-8-1-3-10(4-2-8)17(15,16)14-6-9-5-12-7-13-9/h1-5,7,14H,6H2,(H,12,13). The molecule has 0 radical (unpaired) electrons. The smallest absolute Gasteiger partial charge is 0.240 e. The summed E-state index contributed by atoms with van der Waals surface area (Å²) in [7, 11) is -3.45. The van der Waals surface area contributed by atoms with E-state index in [9.17, 15) is 8.42 Å². The molecule has 90 valence electrons. The molecule has 7 heteroatoms. The van der Waals surface area contributed by atoms with Crippen LogP contribution in [0.1, 0.15) is 5.69 Å². The third-order valence-corrected chi connectivity index (χ3v) is 4.27. The number of hydrogen-bond donors (Lipinski definition) is 2. The first kappa shape index (κ1) is 12.5. The Morgan fingerprint density at radius 3 is 2.59 bits per heavy atom. The Morgan fingerprint density at radius 1 is 1.29 bits per heavy atom. The first-order chi connectivity index (χ1) is 8.08. The molecule has 0 bridgehead atoms. The van der Waals surface area contributed by atoms with Gasteiger partial charge in [0.1, 0.15) is 0 Å². The lowest BCUT2D eigenvalue weighted by atomic mass is 10.4. The molecule has 0 fully saturated rings. The van der Waals surface area contributed by atoms with Gasteiger partial charge in [-0.3, -0.25) is 0 Å². The van der Waals surface area contributed by atoms with Crippen LogP contribution in [0.2, 0.25) is 0 Å². The average molecular weight is 363 g/mol. The first-order valence-electron chi connectivity index (χ1n) is 4.80. The van der Waals surface area contributed by atoms with Crippen LogP contribution in [-0.2, 0) is 16.6 Å². The van der Waals surface area contributed by atoms with E-state index in [0.717, 1.165) is 9.26 Å². The predicted molar refractivity (Wildman–Crippen MR) is 71.8 cm³/mol. The second-order valence-corrected chi connectivity index (χ2v) is 6.37. The highest BCUT2D eigenvalue weighted by atomic mass is 127. The maximum Gasteiger partial charge on any atom is 0.240 e. The van der Waals surface area contributed by atoms with E-state index in [4.69, 9.17) is 0 Å². The number of aromatic nitrogens is 2. The number of nitrogens with one attached hydrogen (secondary N) is 2. The van der Waals surface area contributed by atoms with Gasteiger partial charge < -0.3 is 4.98 Å². The summed E-state index contributed by atoms with van der Waals surface area (Å²) in [5.41, 5.74) is 0.721. The second kappa shape index (κ2) is 5.15. The number of hydrogen-bond acceptors (Lipinski definition) is 3. The molecule has 0 aliphatic carbocycles. The molecule has 1 aromatic carbocycles. The minimum Gasteiger partial charge on any atom is -0.347 e. The summed E-state index contributed by atoms with van der Waals surface area (Å²) < 4.78 is 27.3. The average Bonchev–Trinajstić information content (AvgIpc) is 2.80. The number of imidazole rings is 1. The summed E-state index contributed by atoms with van der Waals surface area (Å²) in [6, 6.07) is 6.67. The Hall–Kier alpha value is -0.930. The lowest BCUT2D eigenvalue weighted by Crippen LogP contribution is -2.23. The molecule has 5 nitrogen and oxygen atoms in total. The van der Waals surface area contributed by atoms with E-state index in [0.29, 0.717) is 0 Å². The Bertz CT molecular complexity index is 579. The van der Waals surface area contributed by atoms with Gasteiger partial charge in [-0.1, -0.05) is 0 Å². The van der Waals surface area contributed by atoms with Crippen LogP contribution in [0.3, 0.4) is 0 Å². The second-order valence-electron chi connectivity index (χ2n) is 3.36. The Labute approximate surface area is 113 Å². The maximum absolute atomic E-state index is 11.9. The van der Waals surface area contributed by atoms with Crippen LogP contribution in [0.15, 0.2) is 41.7 Å². The quantitative estimate of drug-likeness (QED) is 0.809. The monoisotopic (exact) mass is 363 g/mol. The molecule has 0 aliphatic rings. The van der Waals surface area contributed by atoms with E-state index in [1.165, 1.54) is 6.33 Å². The molecule has 0 atom stereocenters. The van der Waals surface area contributed by atoms with Crippen LogP contribution in [0.4, 0.5) is 0 Å². The molecule has 0 saturated carbocycles. The highest BCUT2D eigenvalue weighted by Crippen LogP contribution is 2.12. The van der Waals surface area contributed by atoms with Crippen molar-refractivity contribution in [3.8, 4) is 0 Å². The fourth-order valence-electron chi connectivity index (χ4n) is 1.25. The summed E-state index contributed by atoms with van der Waals surface area (Å²) in [5.74, 6) is 0. The summed E-state index contributed by atoms with van der Waals surface area (Å²) in [4.78, 5) is 6.91. The largest absolute Gasteiger partial charge is 0.347 e. The zero-order chi connectivity index (χ0) is 12.3. The van der Waals surface area contributed by atoms with E-state index in [1.54, 1.807) is 30.5 Å². The molecule has 0 amide bonds. The molecule has 0 aliphatic heterocycles. The number of sulfonamides is 1. The molecule has 2 N–H and O–H groups in total. The van der Waals surface area contributed by atoms with Gasteiger partial charge in [0.2, 0.25) is 10.0 Å². The van der Waals surface area contributed by atoms with Crippen molar-refractivity contribution < 1.29 is 8.42 Å². The topological polar surface area (TPSA) is 74.8 Å². The number of benzene rings is 1. The van der Waals surface area contributed by atoms with Crippen molar-refractivity contribution >= 4 is 32.6 Å². The van der Waals surface area contributed by atoms with Gasteiger partial charge in [-0.2, -0.15) is 0 Å². The molecule has 17 heavy (non-hydrogen) atoms. The van der Waals surface area contributed by atoms with Crippen molar-refractivity contribution in [2.24, 2.45) is 0 Å².